The molecule has 0 spiro atoms. The number of ether oxygens (including phenoxy) is 1. The number of nitrogens with zero attached hydrogens (tertiary/aromatic N) is 2. The summed E-state index contributed by atoms with van der Waals surface area (Å²) in [6, 6.07) is 2.06. The van der Waals surface area contributed by atoms with Gasteiger partial charge in [0.25, 0.3) is 0 Å². The van der Waals surface area contributed by atoms with Gasteiger partial charge in [-0.15, -0.1) is 0 Å². The second kappa shape index (κ2) is 3.86. The zero-order chi connectivity index (χ0) is 11.0. The predicted molar refractivity (Wildman–Crippen MR) is 60.8 cm³/mol. The lowest BCUT2D eigenvalue weighted by molar-refractivity contribution is 0.117. The number of rotatable bonds is 5. The van der Waals surface area contributed by atoms with Crippen molar-refractivity contribution in [2.24, 2.45) is 5.92 Å². The van der Waals surface area contributed by atoms with E-state index in [0.29, 0.717) is 12.3 Å². The highest BCUT2D eigenvalue weighted by atomic mass is 16.5. The summed E-state index contributed by atoms with van der Waals surface area (Å²) >= 11 is 0. The third-order valence-electron chi connectivity index (χ3n) is 4.08. The smallest absolute Gasteiger partial charge is 0.139 e. The molecule has 88 valence electrons. The first-order valence-corrected chi connectivity index (χ1v) is 6.09. The molecule has 1 N–H and O–H groups in total. The van der Waals surface area contributed by atoms with Crippen LogP contribution in [0, 0.1) is 5.92 Å². The van der Waals surface area contributed by atoms with E-state index in [0.717, 1.165) is 12.5 Å². The molecule has 2 aliphatic rings. The summed E-state index contributed by atoms with van der Waals surface area (Å²) in [6.45, 7) is 1.46. The van der Waals surface area contributed by atoms with Gasteiger partial charge in [-0.2, -0.15) is 5.10 Å². The Hall–Kier alpha value is -0.870. The number of nitrogens with one attached hydrogen (secondary N) is 1. The highest BCUT2D eigenvalue weighted by Crippen LogP contribution is 2.55. The van der Waals surface area contributed by atoms with E-state index in [4.69, 9.17) is 4.74 Å². The van der Waals surface area contributed by atoms with Crippen molar-refractivity contribution >= 4 is 0 Å². The molecule has 2 fully saturated rings. The van der Waals surface area contributed by atoms with Gasteiger partial charge in [0.1, 0.15) is 6.73 Å². The molecule has 4 heteroatoms. The maximum Gasteiger partial charge on any atom is 0.139 e. The molecule has 0 radical (unpaired) electrons. The first kappa shape index (κ1) is 10.3. The van der Waals surface area contributed by atoms with Crippen LogP contribution < -0.4 is 5.32 Å². The third kappa shape index (κ3) is 1.66. The summed E-state index contributed by atoms with van der Waals surface area (Å²) in [6.07, 6.45) is 7.40. The quantitative estimate of drug-likeness (QED) is 0.819. The molecular weight excluding hydrogens is 202 g/mol. The van der Waals surface area contributed by atoms with Gasteiger partial charge in [-0.05, 0) is 31.2 Å². The number of fused-ring (bicyclic) bond motifs is 1. The maximum atomic E-state index is 5.11. The van der Waals surface area contributed by atoms with Crippen LogP contribution in [0.3, 0.4) is 0 Å². The monoisotopic (exact) mass is 221 g/mol. The van der Waals surface area contributed by atoms with E-state index >= 15 is 0 Å². The summed E-state index contributed by atoms with van der Waals surface area (Å²) in [5.41, 5.74) is 1.70. The van der Waals surface area contributed by atoms with E-state index in [9.17, 15) is 0 Å². The number of aromatic nitrogens is 2. The molecule has 2 aliphatic carbocycles. The molecule has 1 heterocycles. The highest BCUT2D eigenvalue weighted by molar-refractivity contribution is 5.15. The Morgan fingerprint density at radius 3 is 3.31 bits per heavy atom. The van der Waals surface area contributed by atoms with Crippen LogP contribution in [0.5, 0.6) is 0 Å². The number of hydrogen-bond donors (Lipinski definition) is 1. The third-order valence-corrected chi connectivity index (χ3v) is 4.08. The second-order valence-electron chi connectivity index (χ2n) is 5.04. The zero-order valence-electron chi connectivity index (χ0n) is 9.78. The van der Waals surface area contributed by atoms with Crippen molar-refractivity contribution in [3.05, 3.63) is 18.0 Å². The van der Waals surface area contributed by atoms with Gasteiger partial charge in [-0.25, -0.2) is 4.68 Å². The first-order valence-electron chi connectivity index (χ1n) is 6.09. The fourth-order valence-corrected chi connectivity index (χ4v) is 3.05. The summed E-state index contributed by atoms with van der Waals surface area (Å²) in [7, 11) is 1.70. The molecule has 0 aliphatic heterocycles. The van der Waals surface area contributed by atoms with Gasteiger partial charge in [-0.3, -0.25) is 0 Å². The van der Waals surface area contributed by atoms with E-state index in [-0.39, 0.29) is 0 Å². The van der Waals surface area contributed by atoms with E-state index in [2.05, 4.69) is 16.5 Å². The van der Waals surface area contributed by atoms with Crippen LogP contribution in [0.4, 0.5) is 0 Å². The lowest BCUT2D eigenvalue weighted by atomic mass is 10.2. The number of hydrogen-bond acceptors (Lipinski definition) is 3. The molecule has 0 bridgehead atoms. The van der Waals surface area contributed by atoms with Gasteiger partial charge in [0.05, 0.1) is 5.69 Å². The zero-order valence-corrected chi connectivity index (χ0v) is 9.78. The molecule has 1 aromatic rings. The summed E-state index contributed by atoms with van der Waals surface area (Å²) < 4.78 is 7.02. The molecule has 16 heavy (non-hydrogen) atoms. The molecule has 0 saturated heterocycles. The Morgan fingerprint density at radius 1 is 1.69 bits per heavy atom. The SMILES string of the molecule is COCn1nccc1CN[C@@]12CCC[C@@H]1C2. The standard InChI is InChI=1S/C12H19N3O/c1-16-9-15-11(4-6-14-15)8-13-12-5-2-3-10(12)7-12/h4,6,10,13H,2-3,5,7-9H2,1H3/t10-,12-/m1/s1. The molecule has 1 aromatic heterocycles. The van der Waals surface area contributed by atoms with Gasteiger partial charge in [0.15, 0.2) is 0 Å². The molecule has 2 saturated carbocycles. The maximum absolute atomic E-state index is 5.11. The van der Waals surface area contributed by atoms with Crippen LogP contribution in [-0.4, -0.2) is 22.4 Å². The lowest BCUT2D eigenvalue weighted by Crippen LogP contribution is -2.31. The van der Waals surface area contributed by atoms with Crippen LogP contribution in [0.2, 0.25) is 0 Å². The number of methoxy groups -OCH3 is 1. The molecule has 3 rings (SSSR count). The van der Waals surface area contributed by atoms with Gasteiger partial charge in [-0.1, -0.05) is 6.42 Å². The highest BCUT2D eigenvalue weighted by Gasteiger charge is 2.56. The average molecular weight is 221 g/mol. The van der Waals surface area contributed by atoms with Crippen molar-refractivity contribution in [1.82, 2.24) is 15.1 Å². The van der Waals surface area contributed by atoms with Gasteiger partial charge in [0, 0.05) is 25.4 Å². The van der Waals surface area contributed by atoms with Crippen LogP contribution in [-0.2, 0) is 18.0 Å². The molecular formula is C12H19N3O. The summed E-state index contributed by atoms with van der Waals surface area (Å²) in [5, 5.41) is 7.96. The van der Waals surface area contributed by atoms with Crippen molar-refractivity contribution in [2.45, 2.75) is 44.5 Å². The van der Waals surface area contributed by atoms with Crippen LogP contribution >= 0.6 is 0 Å². The Balaban J connectivity index is 1.60. The van der Waals surface area contributed by atoms with E-state index in [1.165, 1.54) is 31.4 Å². The van der Waals surface area contributed by atoms with Crippen LogP contribution in [0.15, 0.2) is 12.3 Å². The van der Waals surface area contributed by atoms with Crippen LogP contribution in [0.25, 0.3) is 0 Å². The van der Waals surface area contributed by atoms with Crippen molar-refractivity contribution < 1.29 is 4.74 Å². The summed E-state index contributed by atoms with van der Waals surface area (Å²) in [4.78, 5) is 0. The molecule has 4 nitrogen and oxygen atoms in total. The van der Waals surface area contributed by atoms with Gasteiger partial charge in [0.2, 0.25) is 0 Å². The normalized spacial score (nSPS) is 31.7. The molecule has 2 atom stereocenters. The minimum atomic E-state index is 0.488. The topological polar surface area (TPSA) is 39.1 Å². The minimum Gasteiger partial charge on any atom is -0.362 e. The van der Waals surface area contributed by atoms with E-state index in [1.807, 2.05) is 10.9 Å². The lowest BCUT2D eigenvalue weighted by Gasteiger charge is -2.15. The molecule has 0 aromatic carbocycles. The van der Waals surface area contributed by atoms with Crippen molar-refractivity contribution in [3.63, 3.8) is 0 Å². The van der Waals surface area contributed by atoms with Crippen molar-refractivity contribution in [3.8, 4) is 0 Å². The Bertz CT molecular complexity index is 376. The van der Waals surface area contributed by atoms with E-state index in [1.54, 1.807) is 7.11 Å². The Kier molecular flexibility index (Phi) is 2.48. The average Bonchev–Trinajstić information content (AvgIpc) is 2.65. The van der Waals surface area contributed by atoms with Gasteiger partial charge >= 0.3 is 0 Å². The second-order valence-corrected chi connectivity index (χ2v) is 5.04. The summed E-state index contributed by atoms with van der Waals surface area (Å²) in [5.74, 6) is 0.950. The van der Waals surface area contributed by atoms with Crippen LogP contribution in [0.1, 0.15) is 31.4 Å². The fourth-order valence-electron chi connectivity index (χ4n) is 3.05. The Labute approximate surface area is 96.0 Å². The van der Waals surface area contributed by atoms with Crippen molar-refractivity contribution in [1.29, 1.82) is 0 Å². The molecule has 0 amide bonds. The minimum absolute atomic E-state index is 0.488. The van der Waals surface area contributed by atoms with Gasteiger partial charge < -0.3 is 10.1 Å². The van der Waals surface area contributed by atoms with E-state index < -0.39 is 0 Å². The molecule has 0 unspecified atom stereocenters. The fraction of sp³-hybridized carbons (Fsp3) is 0.750. The predicted octanol–water partition coefficient (Wildman–Crippen LogP) is 1.52. The van der Waals surface area contributed by atoms with Crippen molar-refractivity contribution in [2.75, 3.05) is 7.11 Å². The largest absolute Gasteiger partial charge is 0.362 e. The Morgan fingerprint density at radius 2 is 2.62 bits per heavy atom. The first-order chi connectivity index (χ1) is 7.84.